The predicted molar refractivity (Wildman–Crippen MR) is 82.2 cm³/mol. The van der Waals surface area contributed by atoms with E-state index in [-0.39, 0.29) is 37.2 Å². The van der Waals surface area contributed by atoms with Crippen LogP contribution in [0, 0.1) is 11.8 Å². The van der Waals surface area contributed by atoms with E-state index in [2.05, 4.69) is 0 Å². The molecule has 2 atom stereocenters. The van der Waals surface area contributed by atoms with Crippen molar-refractivity contribution in [3.8, 4) is 0 Å². The molecule has 0 spiro atoms. The van der Waals surface area contributed by atoms with Crippen LogP contribution in [0.25, 0.3) is 0 Å². The maximum Gasteiger partial charge on any atom is 0.416 e. The maximum atomic E-state index is 12.5. The number of amides is 2. The lowest BCUT2D eigenvalue weighted by Gasteiger charge is -2.25. The summed E-state index contributed by atoms with van der Waals surface area (Å²) < 4.78 is 15.0. The third-order valence-electron chi connectivity index (χ3n) is 3.71. The van der Waals surface area contributed by atoms with Crippen molar-refractivity contribution in [2.45, 2.75) is 40.2 Å². The first kappa shape index (κ1) is 18.6. The highest BCUT2D eigenvalue weighted by molar-refractivity contribution is 5.94. The number of methoxy groups -OCH3 is 1. The minimum Gasteiger partial charge on any atom is -0.447 e. The number of nitrogens with zero attached hydrogens (tertiary/aromatic N) is 1. The van der Waals surface area contributed by atoms with E-state index in [0.717, 1.165) is 5.57 Å². The van der Waals surface area contributed by atoms with Crippen LogP contribution >= 0.6 is 0 Å². The summed E-state index contributed by atoms with van der Waals surface area (Å²) in [6.07, 6.45) is 1.98. The first-order valence-electron chi connectivity index (χ1n) is 7.60. The number of hydrogen-bond donors (Lipinski definition) is 0. The van der Waals surface area contributed by atoms with Gasteiger partial charge < -0.3 is 14.2 Å². The van der Waals surface area contributed by atoms with E-state index in [1.165, 1.54) is 4.90 Å². The van der Waals surface area contributed by atoms with Crippen LogP contribution < -0.4 is 0 Å². The third-order valence-corrected chi connectivity index (χ3v) is 3.71. The highest BCUT2D eigenvalue weighted by Crippen LogP contribution is 2.24. The average molecular weight is 313 g/mol. The third kappa shape index (κ3) is 5.10. The summed E-state index contributed by atoms with van der Waals surface area (Å²) >= 11 is 0. The molecule has 22 heavy (non-hydrogen) atoms. The number of allylic oxidation sites excluding steroid dienone is 1. The smallest absolute Gasteiger partial charge is 0.416 e. The monoisotopic (exact) mass is 313 g/mol. The van der Waals surface area contributed by atoms with Gasteiger partial charge in [-0.1, -0.05) is 32.4 Å². The van der Waals surface area contributed by atoms with Crippen molar-refractivity contribution >= 4 is 12.0 Å². The van der Waals surface area contributed by atoms with Gasteiger partial charge in [0.2, 0.25) is 5.91 Å². The molecule has 0 aromatic carbocycles. The SMILES string of the molecule is COCOC/C=C(\C)C[C@H](C)C(=O)N1C(=O)OC[C@@H]1C(C)C. The molecule has 0 aromatic rings. The van der Waals surface area contributed by atoms with Crippen LogP contribution in [0.15, 0.2) is 11.6 Å². The van der Waals surface area contributed by atoms with Crippen LogP contribution in [0.2, 0.25) is 0 Å². The van der Waals surface area contributed by atoms with Gasteiger partial charge in [0, 0.05) is 13.0 Å². The number of imide groups is 1. The first-order chi connectivity index (χ1) is 10.4. The Balaban J connectivity index is 2.58. The number of hydrogen-bond acceptors (Lipinski definition) is 5. The molecule has 1 aliphatic heterocycles. The molecule has 0 unspecified atom stereocenters. The molecule has 1 rings (SSSR count). The highest BCUT2D eigenvalue weighted by atomic mass is 16.7. The van der Waals surface area contributed by atoms with Gasteiger partial charge in [0.05, 0.1) is 12.6 Å². The molecule has 6 heteroatoms. The molecule has 0 aliphatic carbocycles. The van der Waals surface area contributed by atoms with E-state index in [0.29, 0.717) is 13.0 Å². The summed E-state index contributed by atoms with van der Waals surface area (Å²) in [7, 11) is 1.57. The standard InChI is InChI=1S/C16H27NO5/c1-11(2)14-9-22-16(19)17(14)15(18)13(4)8-12(3)6-7-21-10-20-5/h6,11,13-14H,7-10H2,1-5H3/b12-6+/t13-,14+/m0/s1. The second-order valence-corrected chi connectivity index (χ2v) is 6.03. The van der Waals surface area contributed by atoms with Gasteiger partial charge in [-0.05, 0) is 19.3 Å². The van der Waals surface area contributed by atoms with Gasteiger partial charge in [0.25, 0.3) is 0 Å². The molecule has 1 aliphatic rings. The van der Waals surface area contributed by atoms with Crippen molar-refractivity contribution in [3.05, 3.63) is 11.6 Å². The van der Waals surface area contributed by atoms with Gasteiger partial charge in [-0.2, -0.15) is 0 Å². The predicted octanol–water partition coefficient (Wildman–Crippen LogP) is 2.58. The van der Waals surface area contributed by atoms with Crippen molar-refractivity contribution < 1.29 is 23.8 Å². The fourth-order valence-corrected chi connectivity index (χ4v) is 2.40. The van der Waals surface area contributed by atoms with Gasteiger partial charge in [0.1, 0.15) is 13.4 Å². The molecule has 6 nitrogen and oxygen atoms in total. The summed E-state index contributed by atoms with van der Waals surface area (Å²) in [5, 5.41) is 0. The molecule has 1 heterocycles. The molecular formula is C16H27NO5. The fraction of sp³-hybridized carbons (Fsp3) is 0.750. The molecule has 1 fully saturated rings. The van der Waals surface area contributed by atoms with Crippen molar-refractivity contribution in [1.82, 2.24) is 4.90 Å². The molecule has 0 saturated carbocycles. The Kier molecular flexibility index (Phi) is 7.55. The Morgan fingerprint density at radius 1 is 1.45 bits per heavy atom. The Hall–Kier alpha value is -1.40. The Morgan fingerprint density at radius 2 is 2.14 bits per heavy atom. The summed E-state index contributed by atoms with van der Waals surface area (Å²) in [5.74, 6) is -0.265. The fourth-order valence-electron chi connectivity index (χ4n) is 2.40. The summed E-state index contributed by atoms with van der Waals surface area (Å²) in [4.78, 5) is 25.6. The molecule has 1 saturated heterocycles. The zero-order valence-corrected chi connectivity index (χ0v) is 14.1. The lowest BCUT2D eigenvalue weighted by Crippen LogP contribution is -2.44. The number of ether oxygens (including phenoxy) is 3. The summed E-state index contributed by atoms with van der Waals surface area (Å²) in [5.41, 5.74) is 1.05. The van der Waals surface area contributed by atoms with E-state index in [4.69, 9.17) is 14.2 Å². The molecule has 0 bridgehead atoms. The highest BCUT2D eigenvalue weighted by Gasteiger charge is 2.40. The minimum atomic E-state index is -0.527. The average Bonchev–Trinajstić information content (AvgIpc) is 2.84. The van der Waals surface area contributed by atoms with Crippen molar-refractivity contribution in [2.24, 2.45) is 11.8 Å². The lowest BCUT2D eigenvalue weighted by atomic mass is 9.98. The molecule has 0 N–H and O–H groups in total. The van der Waals surface area contributed by atoms with E-state index in [1.807, 2.05) is 33.8 Å². The van der Waals surface area contributed by atoms with Crippen LogP contribution in [-0.2, 0) is 19.0 Å². The van der Waals surface area contributed by atoms with Gasteiger partial charge >= 0.3 is 6.09 Å². The lowest BCUT2D eigenvalue weighted by molar-refractivity contribution is -0.133. The van der Waals surface area contributed by atoms with Crippen molar-refractivity contribution in [1.29, 1.82) is 0 Å². The Bertz CT molecular complexity index is 419. The zero-order chi connectivity index (χ0) is 16.7. The van der Waals surface area contributed by atoms with E-state index in [9.17, 15) is 9.59 Å². The van der Waals surface area contributed by atoms with Crippen molar-refractivity contribution in [2.75, 3.05) is 27.1 Å². The molecule has 0 radical (unpaired) electrons. The number of cyclic esters (lactones) is 1. The number of rotatable bonds is 8. The van der Waals surface area contributed by atoms with Crippen molar-refractivity contribution in [3.63, 3.8) is 0 Å². The molecule has 126 valence electrons. The van der Waals surface area contributed by atoms with Gasteiger partial charge in [-0.15, -0.1) is 0 Å². The Morgan fingerprint density at radius 3 is 2.73 bits per heavy atom. The van der Waals surface area contributed by atoms with E-state index < -0.39 is 6.09 Å². The summed E-state index contributed by atoms with van der Waals surface area (Å²) in [6, 6.07) is -0.170. The van der Waals surface area contributed by atoms with Crippen LogP contribution in [0.1, 0.15) is 34.1 Å². The quantitative estimate of drug-likeness (QED) is 0.391. The molecular weight excluding hydrogens is 286 g/mol. The minimum absolute atomic E-state index is 0.170. The zero-order valence-electron chi connectivity index (χ0n) is 14.1. The second kappa shape index (κ2) is 8.90. The normalized spacial score (nSPS) is 20.5. The summed E-state index contributed by atoms with van der Waals surface area (Å²) in [6.45, 7) is 8.72. The van der Waals surface area contributed by atoms with E-state index in [1.54, 1.807) is 7.11 Å². The number of carbonyl (C=O) groups is 2. The van der Waals surface area contributed by atoms with Gasteiger partial charge in [-0.25, -0.2) is 9.69 Å². The van der Waals surface area contributed by atoms with Gasteiger partial charge in [0.15, 0.2) is 0 Å². The topological polar surface area (TPSA) is 65.1 Å². The van der Waals surface area contributed by atoms with Crippen LogP contribution in [0.4, 0.5) is 4.79 Å². The largest absolute Gasteiger partial charge is 0.447 e. The number of carbonyl (C=O) groups excluding carboxylic acids is 2. The van der Waals surface area contributed by atoms with Crippen LogP contribution in [-0.4, -0.2) is 50.1 Å². The first-order valence-corrected chi connectivity index (χ1v) is 7.60. The Labute approximate surface area is 132 Å². The van der Waals surface area contributed by atoms with Crippen LogP contribution in [0.5, 0.6) is 0 Å². The second-order valence-electron chi connectivity index (χ2n) is 6.03. The van der Waals surface area contributed by atoms with E-state index >= 15 is 0 Å². The van der Waals surface area contributed by atoms with Crippen LogP contribution in [0.3, 0.4) is 0 Å². The van der Waals surface area contributed by atoms with Gasteiger partial charge in [-0.3, -0.25) is 4.79 Å². The molecule has 2 amide bonds. The molecule has 0 aromatic heterocycles. The maximum absolute atomic E-state index is 12.5.